The first-order valence-electron chi connectivity index (χ1n) is 1.47. The van der Waals surface area contributed by atoms with Crippen LogP contribution in [0.15, 0.2) is 0 Å². The monoisotopic (exact) mass is 148 g/mol. The molecule has 0 aromatic carbocycles. The first-order valence-corrected chi connectivity index (χ1v) is 2.44. The maximum atomic E-state index is 5.33. The minimum absolute atomic E-state index is 0. The van der Waals surface area contributed by atoms with Gasteiger partial charge >= 0.3 is 0 Å². The van der Waals surface area contributed by atoms with Crippen molar-refractivity contribution in [3.63, 3.8) is 0 Å². The van der Waals surface area contributed by atoms with Crippen LogP contribution >= 0.6 is 35.6 Å². The van der Waals surface area contributed by atoms with E-state index in [2.05, 4.69) is 0 Å². The third-order valence-corrected chi connectivity index (χ3v) is 0.988. The predicted molar refractivity (Wildman–Crippen MR) is 33.3 cm³/mol. The first kappa shape index (κ1) is 9.98. The van der Waals surface area contributed by atoms with E-state index in [-0.39, 0.29) is 17.8 Å². The minimum Gasteiger partial charge on any atom is -0.147 e. The molecule has 0 saturated carbocycles. The molecule has 0 aliphatic rings. The molecule has 0 saturated heterocycles. The van der Waals surface area contributed by atoms with Gasteiger partial charge in [0, 0.05) is 11.3 Å². The number of halogens is 3. The maximum absolute atomic E-state index is 5.33. The smallest absolute Gasteiger partial charge is 0.0443 e. The fourth-order valence-electron chi connectivity index (χ4n) is 0. The van der Waals surface area contributed by atoms with Gasteiger partial charge in [-0.25, -0.2) is 0 Å². The lowest BCUT2D eigenvalue weighted by Gasteiger charge is -1.85. The van der Waals surface area contributed by atoms with E-state index < -0.39 is 0 Å². The third kappa shape index (κ3) is 8.85. The molecule has 3 heteroatoms. The Morgan fingerprint density at radius 2 is 1.83 bits per heavy atom. The maximum Gasteiger partial charge on any atom is 0.0443 e. The summed E-state index contributed by atoms with van der Waals surface area (Å²) in [5, 5.41) is 0.122. The standard InChI is InChI=1S/C3H6Cl2.ClH/c1-3(5)2-4;/h3H,2H2,1H3;1H. The molecule has 0 aliphatic heterocycles. The molecule has 1 atom stereocenters. The second-order valence-corrected chi connectivity index (χ2v) is 1.99. The zero-order valence-electron chi connectivity index (χ0n) is 3.45. The Morgan fingerprint density at radius 1 is 1.67 bits per heavy atom. The molecule has 0 radical (unpaired) electrons. The Morgan fingerprint density at radius 3 is 1.83 bits per heavy atom. The summed E-state index contributed by atoms with van der Waals surface area (Å²) in [4.78, 5) is 0. The summed E-state index contributed by atoms with van der Waals surface area (Å²) in [6, 6.07) is 0. The minimum atomic E-state index is 0. The van der Waals surface area contributed by atoms with Gasteiger partial charge in [0.05, 0.1) is 0 Å². The molecule has 6 heavy (non-hydrogen) atoms. The van der Waals surface area contributed by atoms with Gasteiger partial charge < -0.3 is 0 Å². The zero-order valence-corrected chi connectivity index (χ0v) is 5.78. The third-order valence-electron chi connectivity index (χ3n) is 0.213. The average molecular weight is 149 g/mol. The molecule has 0 rings (SSSR count). The summed E-state index contributed by atoms with van der Waals surface area (Å²) < 4.78 is 0. The molecule has 0 spiro atoms. The number of hydrogen-bond donors (Lipinski definition) is 0. The molecule has 0 bridgehead atoms. The summed E-state index contributed by atoms with van der Waals surface area (Å²) in [5.41, 5.74) is 0. The van der Waals surface area contributed by atoms with Crippen molar-refractivity contribution in [2.24, 2.45) is 0 Å². The van der Waals surface area contributed by atoms with Crippen LogP contribution in [0.2, 0.25) is 0 Å². The van der Waals surface area contributed by atoms with Crippen LogP contribution in [0.5, 0.6) is 0 Å². The van der Waals surface area contributed by atoms with Crippen LogP contribution in [-0.4, -0.2) is 11.3 Å². The number of hydrogen-bond acceptors (Lipinski definition) is 0. The molecule has 0 aliphatic carbocycles. The van der Waals surface area contributed by atoms with E-state index in [1.807, 2.05) is 6.92 Å². The Kier molecular flexibility index (Phi) is 9.76. The van der Waals surface area contributed by atoms with Crippen LogP contribution < -0.4 is 0 Å². The van der Waals surface area contributed by atoms with Gasteiger partial charge in [0.25, 0.3) is 0 Å². The van der Waals surface area contributed by atoms with Crippen molar-refractivity contribution in [2.45, 2.75) is 12.3 Å². The Balaban J connectivity index is 0. The summed E-state index contributed by atoms with van der Waals surface area (Å²) in [5.74, 6) is 0.543. The van der Waals surface area contributed by atoms with Crippen molar-refractivity contribution in [1.29, 1.82) is 0 Å². The molecule has 0 nitrogen and oxygen atoms in total. The van der Waals surface area contributed by atoms with E-state index in [0.29, 0.717) is 5.88 Å². The van der Waals surface area contributed by atoms with E-state index in [0.717, 1.165) is 0 Å². The van der Waals surface area contributed by atoms with Gasteiger partial charge in [0.1, 0.15) is 0 Å². The number of rotatable bonds is 1. The average Bonchev–Trinajstić information content (AvgIpc) is 1.38. The highest BCUT2D eigenvalue weighted by atomic mass is 35.5. The summed E-state index contributed by atoms with van der Waals surface area (Å²) in [7, 11) is 0. The van der Waals surface area contributed by atoms with Crippen LogP contribution in [-0.2, 0) is 0 Å². The lowest BCUT2D eigenvalue weighted by molar-refractivity contribution is 1.11. The van der Waals surface area contributed by atoms with Gasteiger partial charge in [-0.15, -0.1) is 35.6 Å². The predicted octanol–water partition coefficient (Wildman–Crippen LogP) is 2.27. The van der Waals surface area contributed by atoms with Crippen LogP contribution in [0.4, 0.5) is 0 Å². The molecule has 0 N–H and O–H groups in total. The molecule has 0 heterocycles. The Labute approximate surface area is 54.2 Å². The van der Waals surface area contributed by atoms with Crippen molar-refractivity contribution in [3.05, 3.63) is 0 Å². The van der Waals surface area contributed by atoms with Gasteiger partial charge in [-0.2, -0.15) is 0 Å². The summed E-state index contributed by atoms with van der Waals surface area (Å²) >= 11 is 10.5. The lowest BCUT2D eigenvalue weighted by Crippen LogP contribution is -1.87. The molecule has 0 aromatic rings. The van der Waals surface area contributed by atoms with E-state index in [1.165, 1.54) is 0 Å². The topological polar surface area (TPSA) is 0 Å². The SMILES string of the molecule is CC(Cl)CCl.Cl. The van der Waals surface area contributed by atoms with Crippen molar-refractivity contribution in [2.75, 3.05) is 5.88 Å². The van der Waals surface area contributed by atoms with E-state index in [9.17, 15) is 0 Å². The normalized spacial score (nSPS) is 12.5. The van der Waals surface area contributed by atoms with E-state index >= 15 is 0 Å². The summed E-state index contributed by atoms with van der Waals surface area (Å²) in [6.07, 6.45) is 0. The highest BCUT2D eigenvalue weighted by Gasteiger charge is 1.85. The zero-order chi connectivity index (χ0) is 4.28. The quantitative estimate of drug-likeness (QED) is 0.502. The Hall–Kier alpha value is 0.870. The molecular weight excluding hydrogens is 142 g/mol. The fourth-order valence-corrected chi connectivity index (χ4v) is 0. The van der Waals surface area contributed by atoms with Crippen molar-refractivity contribution < 1.29 is 0 Å². The molecule has 0 fully saturated rings. The first-order chi connectivity index (χ1) is 2.27. The second-order valence-electron chi connectivity index (χ2n) is 0.935. The second kappa shape index (κ2) is 5.87. The molecule has 0 aromatic heterocycles. The number of alkyl halides is 2. The molecule has 0 amide bonds. The van der Waals surface area contributed by atoms with Gasteiger partial charge in [0.15, 0.2) is 0 Å². The van der Waals surface area contributed by atoms with Crippen LogP contribution in [0.25, 0.3) is 0 Å². The van der Waals surface area contributed by atoms with Crippen molar-refractivity contribution in [3.8, 4) is 0 Å². The van der Waals surface area contributed by atoms with Crippen molar-refractivity contribution in [1.82, 2.24) is 0 Å². The van der Waals surface area contributed by atoms with Crippen LogP contribution in [0.1, 0.15) is 6.92 Å². The Bertz CT molecular complexity index is 20.0. The van der Waals surface area contributed by atoms with Crippen LogP contribution in [0.3, 0.4) is 0 Å². The highest BCUT2D eigenvalue weighted by Crippen LogP contribution is 1.93. The van der Waals surface area contributed by atoms with Crippen LogP contribution in [0, 0.1) is 0 Å². The van der Waals surface area contributed by atoms with E-state index in [4.69, 9.17) is 23.2 Å². The largest absolute Gasteiger partial charge is 0.147 e. The molecular formula is C3H7Cl3. The fraction of sp³-hybridized carbons (Fsp3) is 1.00. The highest BCUT2D eigenvalue weighted by molar-refractivity contribution is 6.27. The molecule has 1 unspecified atom stereocenters. The van der Waals surface area contributed by atoms with Gasteiger partial charge in [-0.3, -0.25) is 0 Å². The van der Waals surface area contributed by atoms with Gasteiger partial charge in [-0.1, -0.05) is 0 Å². The van der Waals surface area contributed by atoms with Gasteiger partial charge in [-0.05, 0) is 6.92 Å². The lowest BCUT2D eigenvalue weighted by atomic mass is 10.6. The van der Waals surface area contributed by atoms with Crippen molar-refractivity contribution >= 4 is 35.6 Å². The summed E-state index contributed by atoms with van der Waals surface area (Å²) in [6.45, 7) is 1.86. The molecule has 40 valence electrons. The van der Waals surface area contributed by atoms with Gasteiger partial charge in [0.2, 0.25) is 0 Å². The van der Waals surface area contributed by atoms with E-state index in [1.54, 1.807) is 0 Å².